The van der Waals surface area contributed by atoms with Crippen molar-refractivity contribution in [2.45, 2.75) is 50.2 Å². The summed E-state index contributed by atoms with van der Waals surface area (Å²) >= 11 is 0. The molecule has 1 saturated carbocycles. The Bertz CT molecular complexity index is 957. The molecule has 1 unspecified atom stereocenters. The number of amides is 2. The Balaban J connectivity index is 1.44. The van der Waals surface area contributed by atoms with E-state index in [0.29, 0.717) is 38.2 Å². The van der Waals surface area contributed by atoms with Gasteiger partial charge in [-0.2, -0.15) is 0 Å². The van der Waals surface area contributed by atoms with Crippen molar-refractivity contribution in [2.24, 2.45) is 0 Å². The van der Waals surface area contributed by atoms with Gasteiger partial charge in [0.05, 0.1) is 36.6 Å². The van der Waals surface area contributed by atoms with Gasteiger partial charge in [0.1, 0.15) is 11.8 Å². The van der Waals surface area contributed by atoms with E-state index in [9.17, 15) is 14.7 Å². The van der Waals surface area contributed by atoms with Crippen molar-refractivity contribution in [3.8, 4) is 11.3 Å². The fraction of sp³-hybridized carbons (Fsp3) is 0.500. The van der Waals surface area contributed by atoms with Crippen LogP contribution in [0.15, 0.2) is 36.5 Å². The maximum Gasteiger partial charge on any atom is 0.269 e. The lowest BCUT2D eigenvalue weighted by molar-refractivity contribution is -0.145. The first-order valence-corrected chi connectivity index (χ1v) is 11.2. The molecule has 0 radical (unpaired) electrons. The van der Waals surface area contributed by atoms with Crippen molar-refractivity contribution >= 4 is 11.8 Å². The molecule has 1 saturated heterocycles. The van der Waals surface area contributed by atoms with E-state index >= 15 is 0 Å². The van der Waals surface area contributed by atoms with Gasteiger partial charge in [-0.25, -0.2) is 4.98 Å². The summed E-state index contributed by atoms with van der Waals surface area (Å²) in [6.07, 6.45) is 5.95. The number of aromatic nitrogens is 2. The SMILES string of the molecule is CNC(=O)c1ccc(-c2cccc(C3CN(C(=O)CC4(O)CCCCC4)CCO3)n2)cn1. The van der Waals surface area contributed by atoms with E-state index in [1.54, 1.807) is 24.2 Å². The molecular weight excluding hydrogens is 408 g/mol. The van der Waals surface area contributed by atoms with Crippen molar-refractivity contribution in [1.82, 2.24) is 20.2 Å². The summed E-state index contributed by atoms with van der Waals surface area (Å²) in [6.45, 7) is 1.37. The number of pyridine rings is 2. The van der Waals surface area contributed by atoms with Crippen LogP contribution in [0.5, 0.6) is 0 Å². The Morgan fingerprint density at radius 1 is 1.22 bits per heavy atom. The van der Waals surface area contributed by atoms with Gasteiger partial charge in [-0.15, -0.1) is 0 Å². The van der Waals surface area contributed by atoms with Crippen LogP contribution in [0.25, 0.3) is 11.3 Å². The third-order valence-electron chi connectivity index (χ3n) is 6.30. The van der Waals surface area contributed by atoms with Crippen LogP contribution in [0, 0.1) is 0 Å². The Kier molecular flexibility index (Phi) is 6.81. The molecule has 3 heterocycles. The van der Waals surface area contributed by atoms with E-state index in [1.807, 2.05) is 24.3 Å². The van der Waals surface area contributed by atoms with Gasteiger partial charge in [0.15, 0.2) is 0 Å². The Morgan fingerprint density at radius 2 is 2.03 bits per heavy atom. The number of nitrogens with zero attached hydrogens (tertiary/aromatic N) is 3. The highest BCUT2D eigenvalue weighted by molar-refractivity contribution is 5.92. The molecule has 2 aromatic rings. The van der Waals surface area contributed by atoms with Gasteiger partial charge in [0.2, 0.25) is 5.91 Å². The van der Waals surface area contributed by atoms with Crippen LogP contribution in [0.1, 0.15) is 60.8 Å². The Hall–Kier alpha value is -2.84. The molecule has 170 valence electrons. The van der Waals surface area contributed by atoms with Crippen molar-refractivity contribution < 1.29 is 19.4 Å². The fourth-order valence-electron chi connectivity index (χ4n) is 4.43. The molecule has 2 aliphatic rings. The molecule has 8 heteroatoms. The fourth-order valence-corrected chi connectivity index (χ4v) is 4.43. The van der Waals surface area contributed by atoms with Gasteiger partial charge in [-0.05, 0) is 37.1 Å². The monoisotopic (exact) mass is 438 g/mol. The molecule has 1 aliphatic carbocycles. The van der Waals surface area contributed by atoms with Gasteiger partial charge in [0, 0.05) is 25.4 Å². The molecule has 32 heavy (non-hydrogen) atoms. The summed E-state index contributed by atoms with van der Waals surface area (Å²) in [5.74, 6) is -0.260. The summed E-state index contributed by atoms with van der Waals surface area (Å²) in [5, 5.41) is 13.3. The number of morpholine rings is 1. The second-order valence-corrected chi connectivity index (χ2v) is 8.62. The number of nitrogens with one attached hydrogen (secondary N) is 1. The number of carbonyl (C=O) groups excluding carboxylic acids is 2. The number of rotatable bonds is 5. The molecule has 2 fully saturated rings. The first kappa shape index (κ1) is 22.4. The van der Waals surface area contributed by atoms with Gasteiger partial charge in [0.25, 0.3) is 5.91 Å². The Labute approximate surface area is 188 Å². The maximum absolute atomic E-state index is 12.9. The molecule has 0 spiro atoms. The molecule has 4 rings (SSSR count). The van der Waals surface area contributed by atoms with E-state index in [4.69, 9.17) is 9.72 Å². The number of aliphatic hydroxyl groups is 1. The zero-order valence-electron chi connectivity index (χ0n) is 18.4. The third kappa shape index (κ3) is 5.14. The maximum atomic E-state index is 12.9. The zero-order chi connectivity index (χ0) is 22.6. The lowest BCUT2D eigenvalue weighted by Gasteiger charge is -2.37. The smallest absolute Gasteiger partial charge is 0.269 e. The minimum Gasteiger partial charge on any atom is -0.389 e. The molecule has 2 amide bonds. The van der Waals surface area contributed by atoms with E-state index < -0.39 is 5.60 Å². The molecule has 2 aromatic heterocycles. The van der Waals surface area contributed by atoms with Crippen LogP contribution in [-0.4, -0.2) is 64.1 Å². The molecule has 1 aliphatic heterocycles. The summed E-state index contributed by atoms with van der Waals surface area (Å²) < 4.78 is 5.93. The third-order valence-corrected chi connectivity index (χ3v) is 6.30. The lowest BCUT2D eigenvalue weighted by Crippen LogP contribution is -2.46. The highest BCUT2D eigenvalue weighted by atomic mass is 16.5. The molecule has 0 aromatic carbocycles. The van der Waals surface area contributed by atoms with Crippen molar-refractivity contribution in [2.75, 3.05) is 26.7 Å². The number of carbonyl (C=O) groups is 2. The normalized spacial score (nSPS) is 20.6. The topological polar surface area (TPSA) is 105 Å². The highest BCUT2D eigenvalue weighted by Crippen LogP contribution is 2.32. The van der Waals surface area contributed by atoms with Gasteiger partial charge in [-0.1, -0.05) is 25.3 Å². The summed E-state index contributed by atoms with van der Waals surface area (Å²) in [4.78, 5) is 35.3. The van der Waals surface area contributed by atoms with Gasteiger partial charge >= 0.3 is 0 Å². The van der Waals surface area contributed by atoms with Gasteiger partial charge in [-0.3, -0.25) is 14.6 Å². The number of hydrogen-bond acceptors (Lipinski definition) is 6. The highest BCUT2D eigenvalue weighted by Gasteiger charge is 2.35. The molecule has 8 nitrogen and oxygen atoms in total. The zero-order valence-corrected chi connectivity index (χ0v) is 18.4. The molecular formula is C24H30N4O4. The summed E-state index contributed by atoms with van der Waals surface area (Å²) in [6, 6.07) is 9.15. The largest absolute Gasteiger partial charge is 0.389 e. The van der Waals surface area contributed by atoms with Crippen LogP contribution in [0.2, 0.25) is 0 Å². The van der Waals surface area contributed by atoms with Crippen molar-refractivity contribution in [3.05, 3.63) is 47.9 Å². The summed E-state index contributed by atoms with van der Waals surface area (Å²) in [7, 11) is 1.57. The second kappa shape index (κ2) is 9.75. The van der Waals surface area contributed by atoms with Crippen LogP contribution in [-0.2, 0) is 9.53 Å². The standard InChI is InChI=1S/C24H30N4O4/c1-25-23(30)20-9-8-17(15-26-20)18-6-5-7-19(27-18)21-16-28(12-13-32-21)22(29)14-24(31)10-3-2-4-11-24/h5-9,15,21,31H,2-4,10-14,16H2,1H3,(H,25,30). The lowest BCUT2D eigenvalue weighted by atomic mass is 9.82. The van der Waals surface area contributed by atoms with Crippen molar-refractivity contribution in [3.63, 3.8) is 0 Å². The van der Waals surface area contributed by atoms with Crippen molar-refractivity contribution in [1.29, 1.82) is 0 Å². The minimum atomic E-state index is -0.866. The van der Waals surface area contributed by atoms with E-state index in [0.717, 1.165) is 36.2 Å². The first-order valence-electron chi connectivity index (χ1n) is 11.2. The first-order chi connectivity index (χ1) is 15.5. The van der Waals surface area contributed by atoms with Crippen LogP contribution < -0.4 is 5.32 Å². The minimum absolute atomic E-state index is 0.0205. The Morgan fingerprint density at radius 3 is 2.75 bits per heavy atom. The average molecular weight is 439 g/mol. The van der Waals surface area contributed by atoms with Gasteiger partial charge < -0.3 is 20.1 Å². The molecule has 1 atom stereocenters. The average Bonchev–Trinajstić information content (AvgIpc) is 2.84. The second-order valence-electron chi connectivity index (χ2n) is 8.62. The quantitative estimate of drug-likeness (QED) is 0.743. The van der Waals surface area contributed by atoms with Crippen LogP contribution in [0.4, 0.5) is 0 Å². The van der Waals surface area contributed by atoms with E-state index in [1.165, 1.54) is 0 Å². The van der Waals surface area contributed by atoms with E-state index in [2.05, 4.69) is 10.3 Å². The molecule has 0 bridgehead atoms. The van der Waals surface area contributed by atoms with Crippen LogP contribution >= 0.6 is 0 Å². The summed E-state index contributed by atoms with van der Waals surface area (Å²) in [5.41, 5.74) is 1.74. The van der Waals surface area contributed by atoms with Crippen LogP contribution in [0.3, 0.4) is 0 Å². The molecule has 2 N–H and O–H groups in total. The number of ether oxygens (including phenoxy) is 1. The predicted molar refractivity (Wildman–Crippen MR) is 119 cm³/mol. The van der Waals surface area contributed by atoms with E-state index in [-0.39, 0.29) is 24.3 Å². The number of hydrogen-bond donors (Lipinski definition) is 2. The predicted octanol–water partition coefficient (Wildman–Crippen LogP) is 2.49.